The third kappa shape index (κ3) is 2.94. The molecule has 0 aliphatic heterocycles. The zero-order valence-corrected chi connectivity index (χ0v) is 14.1. The predicted octanol–water partition coefficient (Wildman–Crippen LogP) is 0.703. The Bertz CT molecular complexity index is 569. The normalized spacial score (nSPS) is 21.7. The van der Waals surface area contributed by atoms with E-state index in [0.717, 1.165) is 26.4 Å². The number of esters is 2. The second kappa shape index (κ2) is 6.64. The molecule has 1 aliphatic rings. The summed E-state index contributed by atoms with van der Waals surface area (Å²) >= 11 is 0. The van der Waals surface area contributed by atoms with E-state index in [0.29, 0.717) is 0 Å². The maximum Gasteiger partial charge on any atom is 0.353 e. The largest absolute Gasteiger partial charge is 0.466 e. The van der Waals surface area contributed by atoms with Crippen LogP contribution >= 0.6 is 0 Å². The van der Waals surface area contributed by atoms with Crippen molar-refractivity contribution in [1.82, 2.24) is 0 Å². The summed E-state index contributed by atoms with van der Waals surface area (Å²) in [6.45, 7) is 6.07. The van der Waals surface area contributed by atoms with Gasteiger partial charge in [0.2, 0.25) is 0 Å². The summed E-state index contributed by atoms with van der Waals surface area (Å²) < 4.78 is 14.9. The number of ether oxygens (including phenoxy) is 3. The van der Waals surface area contributed by atoms with Crippen molar-refractivity contribution in [2.75, 3.05) is 14.2 Å². The summed E-state index contributed by atoms with van der Waals surface area (Å²) in [7, 11) is 2.13. The minimum Gasteiger partial charge on any atom is -0.466 e. The van der Waals surface area contributed by atoms with Crippen molar-refractivity contribution in [2.45, 2.75) is 45.0 Å². The molecule has 0 fully saturated rings. The number of carbonyl (C=O) groups is 3. The lowest BCUT2D eigenvalue weighted by atomic mass is 9.73. The zero-order chi connectivity index (χ0) is 18.0. The van der Waals surface area contributed by atoms with Crippen LogP contribution in [0.3, 0.4) is 0 Å². The molecule has 1 unspecified atom stereocenters. The minimum absolute atomic E-state index is 0.0737. The lowest BCUT2D eigenvalue weighted by Gasteiger charge is -2.43. The number of hydrogen-bond donors (Lipinski definition) is 1. The molecule has 7 nitrogen and oxygen atoms in total. The fraction of sp³-hybridized carbons (Fsp3) is 0.562. The van der Waals surface area contributed by atoms with E-state index in [1.54, 1.807) is 13.8 Å². The van der Waals surface area contributed by atoms with Crippen molar-refractivity contribution < 1.29 is 33.7 Å². The Labute approximate surface area is 134 Å². The summed E-state index contributed by atoms with van der Waals surface area (Å²) in [6, 6.07) is 0. The first-order valence-corrected chi connectivity index (χ1v) is 7.06. The number of aliphatic hydroxyl groups is 1. The van der Waals surface area contributed by atoms with Gasteiger partial charge in [-0.05, 0) is 51.0 Å². The summed E-state index contributed by atoms with van der Waals surface area (Å²) in [5, 5.41) is 11.2. The van der Waals surface area contributed by atoms with Crippen LogP contribution in [0.15, 0.2) is 23.3 Å². The van der Waals surface area contributed by atoms with Crippen LogP contribution in [0.5, 0.6) is 0 Å². The molecule has 0 spiro atoms. The standard InChI is InChI=1S/C16H22O7/c1-9(2)23-16(13(18)21-5,14(19)22-6)15(20)8-10(3)12(17)7-11(15)4/h7-9,20H,1-6H3. The van der Waals surface area contributed by atoms with Crippen molar-refractivity contribution in [3.05, 3.63) is 23.3 Å². The van der Waals surface area contributed by atoms with E-state index >= 15 is 0 Å². The zero-order valence-electron chi connectivity index (χ0n) is 14.1. The number of rotatable bonds is 5. The quantitative estimate of drug-likeness (QED) is 0.586. The van der Waals surface area contributed by atoms with Crippen LogP contribution in [-0.4, -0.2) is 54.4 Å². The fourth-order valence-corrected chi connectivity index (χ4v) is 2.52. The molecule has 23 heavy (non-hydrogen) atoms. The Morgan fingerprint density at radius 3 is 2.04 bits per heavy atom. The van der Waals surface area contributed by atoms with E-state index in [-0.39, 0.29) is 16.9 Å². The number of hydrogen-bond acceptors (Lipinski definition) is 7. The van der Waals surface area contributed by atoms with Crippen LogP contribution in [0.4, 0.5) is 0 Å². The smallest absolute Gasteiger partial charge is 0.353 e. The second-order valence-electron chi connectivity index (χ2n) is 5.62. The highest BCUT2D eigenvalue weighted by molar-refractivity contribution is 6.10. The molecule has 0 amide bonds. The molecule has 7 heteroatoms. The highest BCUT2D eigenvalue weighted by Crippen LogP contribution is 2.40. The molecule has 0 bridgehead atoms. The van der Waals surface area contributed by atoms with Crippen molar-refractivity contribution in [2.24, 2.45) is 0 Å². The molecule has 0 aromatic rings. The maximum atomic E-state index is 12.5. The average molecular weight is 326 g/mol. The van der Waals surface area contributed by atoms with E-state index in [2.05, 4.69) is 0 Å². The molecule has 1 aliphatic carbocycles. The van der Waals surface area contributed by atoms with E-state index < -0.39 is 29.2 Å². The first-order valence-electron chi connectivity index (χ1n) is 7.06. The predicted molar refractivity (Wildman–Crippen MR) is 80.5 cm³/mol. The maximum absolute atomic E-state index is 12.5. The molecule has 0 aromatic carbocycles. The highest BCUT2D eigenvalue weighted by atomic mass is 16.6. The van der Waals surface area contributed by atoms with E-state index in [4.69, 9.17) is 14.2 Å². The first-order chi connectivity index (χ1) is 10.6. The summed E-state index contributed by atoms with van der Waals surface area (Å²) in [4.78, 5) is 36.7. The topological polar surface area (TPSA) is 99.1 Å². The van der Waals surface area contributed by atoms with Crippen LogP contribution in [0, 0.1) is 0 Å². The van der Waals surface area contributed by atoms with E-state index in [1.165, 1.54) is 13.8 Å². The lowest BCUT2D eigenvalue weighted by molar-refractivity contribution is -0.217. The van der Waals surface area contributed by atoms with Gasteiger partial charge in [0.05, 0.1) is 20.3 Å². The fourth-order valence-electron chi connectivity index (χ4n) is 2.52. The summed E-state index contributed by atoms with van der Waals surface area (Å²) in [5.41, 5.74) is -4.45. The molecule has 1 rings (SSSR count). The van der Waals surface area contributed by atoms with Crippen LogP contribution in [0.2, 0.25) is 0 Å². The van der Waals surface area contributed by atoms with Gasteiger partial charge >= 0.3 is 11.9 Å². The minimum atomic E-state index is -2.48. The number of carbonyl (C=O) groups excluding carboxylic acids is 3. The third-order valence-corrected chi connectivity index (χ3v) is 3.66. The van der Waals surface area contributed by atoms with E-state index in [1.807, 2.05) is 0 Å². The first kappa shape index (κ1) is 19.1. The Morgan fingerprint density at radius 1 is 1.17 bits per heavy atom. The molecule has 0 radical (unpaired) electrons. The second-order valence-corrected chi connectivity index (χ2v) is 5.62. The molecule has 128 valence electrons. The van der Waals surface area contributed by atoms with Gasteiger partial charge < -0.3 is 19.3 Å². The van der Waals surface area contributed by atoms with Crippen molar-refractivity contribution >= 4 is 17.7 Å². The molecule has 0 saturated heterocycles. The Kier molecular flexibility index (Phi) is 5.50. The highest BCUT2D eigenvalue weighted by Gasteiger charge is 2.66. The monoisotopic (exact) mass is 326 g/mol. The van der Waals surface area contributed by atoms with Crippen molar-refractivity contribution in [3.63, 3.8) is 0 Å². The van der Waals surface area contributed by atoms with Crippen LogP contribution < -0.4 is 0 Å². The Morgan fingerprint density at radius 2 is 1.65 bits per heavy atom. The van der Waals surface area contributed by atoms with Gasteiger partial charge in [0, 0.05) is 0 Å². The Balaban J connectivity index is 3.74. The van der Waals surface area contributed by atoms with Gasteiger partial charge in [0.25, 0.3) is 5.60 Å². The summed E-state index contributed by atoms with van der Waals surface area (Å²) in [5.74, 6) is -2.57. The van der Waals surface area contributed by atoms with Crippen LogP contribution in [-0.2, 0) is 28.6 Å². The van der Waals surface area contributed by atoms with Crippen LogP contribution in [0.1, 0.15) is 27.7 Å². The van der Waals surface area contributed by atoms with Gasteiger partial charge in [-0.1, -0.05) is 0 Å². The molecular formula is C16H22O7. The lowest BCUT2D eigenvalue weighted by Crippen LogP contribution is -2.67. The molecular weight excluding hydrogens is 304 g/mol. The number of methoxy groups -OCH3 is 2. The molecule has 0 saturated carbocycles. The number of allylic oxidation sites excluding steroid dienone is 2. The SMILES string of the molecule is COC(=O)C(OC(C)C)(C(=O)OC)C1(O)C=C(C)C(=O)C=C1C. The summed E-state index contributed by atoms with van der Waals surface area (Å²) in [6.07, 6.45) is 1.66. The van der Waals surface area contributed by atoms with Crippen molar-refractivity contribution in [1.29, 1.82) is 0 Å². The van der Waals surface area contributed by atoms with E-state index in [9.17, 15) is 19.5 Å². The van der Waals surface area contributed by atoms with Gasteiger partial charge in [-0.2, -0.15) is 0 Å². The Hall–Kier alpha value is -1.99. The van der Waals surface area contributed by atoms with Gasteiger partial charge in [-0.3, -0.25) is 4.79 Å². The molecule has 0 aromatic heterocycles. The van der Waals surface area contributed by atoms with Gasteiger partial charge in [-0.25, -0.2) is 9.59 Å². The molecule has 1 atom stereocenters. The molecule has 1 N–H and O–H groups in total. The van der Waals surface area contributed by atoms with Gasteiger partial charge in [0.1, 0.15) is 0 Å². The van der Waals surface area contributed by atoms with Crippen LogP contribution in [0.25, 0.3) is 0 Å². The molecule has 0 heterocycles. The van der Waals surface area contributed by atoms with Gasteiger partial charge in [-0.15, -0.1) is 0 Å². The number of ketones is 1. The van der Waals surface area contributed by atoms with Gasteiger partial charge in [0.15, 0.2) is 11.4 Å². The van der Waals surface area contributed by atoms with Crippen molar-refractivity contribution in [3.8, 4) is 0 Å². The third-order valence-electron chi connectivity index (χ3n) is 3.66. The average Bonchev–Trinajstić information content (AvgIpc) is 2.48.